The molecule has 2 atom stereocenters. The van der Waals surface area contributed by atoms with Crippen molar-refractivity contribution in [3.63, 3.8) is 0 Å². The summed E-state index contributed by atoms with van der Waals surface area (Å²) in [6.45, 7) is 10.9. The largest absolute Gasteiger partial charge is 0.351 e. The van der Waals surface area contributed by atoms with Gasteiger partial charge in [0.15, 0.2) is 5.67 Å². The molecule has 2 aliphatic rings. The van der Waals surface area contributed by atoms with Crippen LogP contribution in [0.2, 0.25) is 0 Å². The van der Waals surface area contributed by atoms with E-state index in [0.29, 0.717) is 18.0 Å². The van der Waals surface area contributed by atoms with Gasteiger partial charge in [0.25, 0.3) is 0 Å². The zero-order chi connectivity index (χ0) is 14.3. The number of aromatic nitrogens is 1. The summed E-state index contributed by atoms with van der Waals surface area (Å²) in [4.78, 5) is 9.13. The van der Waals surface area contributed by atoms with Crippen LogP contribution < -0.4 is 4.90 Å². The number of pyridine rings is 1. The van der Waals surface area contributed by atoms with Crippen molar-refractivity contribution in [3.05, 3.63) is 36.5 Å². The van der Waals surface area contributed by atoms with Crippen LogP contribution in [0.1, 0.15) is 25.8 Å². The molecule has 20 heavy (non-hydrogen) atoms. The third-order valence-electron chi connectivity index (χ3n) is 4.61. The summed E-state index contributed by atoms with van der Waals surface area (Å²) in [5.74, 6) is 0.801. The van der Waals surface area contributed by atoms with Crippen molar-refractivity contribution in [2.24, 2.45) is 0 Å². The Labute approximate surface area is 120 Å². The van der Waals surface area contributed by atoms with Gasteiger partial charge >= 0.3 is 0 Å². The standard InChI is InChI=1S/C16H22FN3/c1-4-16(17)10-13-11-19(12(2)3)8-9-20(13)15-14(16)6-5-7-18-15/h4-7,12-13H,1,8-11H2,2-3H3. The molecule has 1 saturated heterocycles. The van der Waals surface area contributed by atoms with Crippen molar-refractivity contribution < 1.29 is 4.39 Å². The van der Waals surface area contributed by atoms with Crippen molar-refractivity contribution in [2.75, 3.05) is 24.5 Å². The van der Waals surface area contributed by atoms with Crippen LogP contribution in [0.15, 0.2) is 31.0 Å². The first kappa shape index (κ1) is 13.6. The molecule has 0 radical (unpaired) electrons. The number of rotatable bonds is 2. The number of fused-ring (bicyclic) bond motifs is 3. The van der Waals surface area contributed by atoms with Crippen LogP contribution in [-0.2, 0) is 5.67 Å². The number of alkyl halides is 1. The maximum Gasteiger partial charge on any atom is 0.159 e. The quantitative estimate of drug-likeness (QED) is 0.774. The van der Waals surface area contributed by atoms with Crippen LogP contribution in [0.5, 0.6) is 0 Å². The molecule has 1 aromatic rings. The van der Waals surface area contributed by atoms with Crippen LogP contribution in [0.4, 0.5) is 10.2 Å². The Kier molecular flexibility index (Phi) is 3.28. The van der Waals surface area contributed by atoms with Gasteiger partial charge in [-0.3, -0.25) is 4.90 Å². The molecule has 1 aromatic heterocycles. The van der Waals surface area contributed by atoms with Crippen LogP contribution in [0, 0.1) is 0 Å². The topological polar surface area (TPSA) is 19.4 Å². The van der Waals surface area contributed by atoms with Gasteiger partial charge in [-0.05, 0) is 19.9 Å². The van der Waals surface area contributed by atoms with E-state index in [1.807, 2.05) is 6.07 Å². The molecule has 3 rings (SSSR count). The SMILES string of the molecule is C=CC1(F)CC2CN(C(C)C)CCN2c2ncccc21. The van der Waals surface area contributed by atoms with Gasteiger partial charge in [0.2, 0.25) is 0 Å². The summed E-state index contributed by atoms with van der Waals surface area (Å²) in [6, 6.07) is 4.33. The number of hydrogen-bond acceptors (Lipinski definition) is 3. The van der Waals surface area contributed by atoms with Gasteiger partial charge in [0.05, 0.1) is 0 Å². The molecule has 0 aromatic carbocycles. The number of nitrogens with zero attached hydrogens (tertiary/aromatic N) is 3. The van der Waals surface area contributed by atoms with Crippen molar-refractivity contribution in [3.8, 4) is 0 Å². The second kappa shape index (κ2) is 4.85. The van der Waals surface area contributed by atoms with E-state index >= 15 is 4.39 Å². The van der Waals surface area contributed by atoms with Gasteiger partial charge in [0, 0.05) is 49.9 Å². The van der Waals surface area contributed by atoms with E-state index in [1.165, 1.54) is 6.08 Å². The zero-order valence-electron chi connectivity index (χ0n) is 12.2. The van der Waals surface area contributed by atoms with Crippen molar-refractivity contribution in [2.45, 2.75) is 38.0 Å². The smallest absolute Gasteiger partial charge is 0.159 e. The first-order valence-electron chi connectivity index (χ1n) is 7.34. The van der Waals surface area contributed by atoms with Gasteiger partial charge in [-0.1, -0.05) is 18.7 Å². The highest BCUT2D eigenvalue weighted by Crippen LogP contribution is 2.44. The molecule has 108 valence electrons. The Bertz CT molecular complexity index is 516. The second-order valence-corrected chi connectivity index (χ2v) is 6.08. The number of piperazine rings is 1. The number of halogens is 1. The minimum absolute atomic E-state index is 0.177. The molecular formula is C16H22FN3. The minimum Gasteiger partial charge on any atom is -0.351 e. The summed E-state index contributed by atoms with van der Waals surface area (Å²) < 4.78 is 15.2. The molecule has 0 saturated carbocycles. The van der Waals surface area contributed by atoms with Gasteiger partial charge in [-0.25, -0.2) is 9.37 Å². The van der Waals surface area contributed by atoms with Crippen LogP contribution in [0.3, 0.4) is 0 Å². The van der Waals surface area contributed by atoms with E-state index < -0.39 is 5.67 Å². The van der Waals surface area contributed by atoms with Gasteiger partial charge in [-0.2, -0.15) is 0 Å². The lowest BCUT2D eigenvalue weighted by atomic mass is 9.83. The number of anilines is 1. The molecule has 0 spiro atoms. The van der Waals surface area contributed by atoms with E-state index in [4.69, 9.17) is 0 Å². The van der Waals surface area contributed by atoms with E-state index in [9.17, 15) is 0 Å². The van der Waals surface area contributed by atoms with E-state index in [0.717, 1.165) is 25.5 Å². The van der Waals surface area contributed by atoms with Gasteiger partial charge < -0.3 is 4.90 Å². The Morgan fingerprint density at radius 3 is 3.00 bits per heavy atom. The molecule has 0 bridgehead atoms. The maximum absolute atomic E-state index is 15.2. The van der Waals surface area contributed by atoms with Crippen LogP contribution >= 0.6 is 0 Å². The fourth-order valence-electron chi connectivity index (χ4n) is 3.40. The van der Waals surface area contributed by atoms with E-state index in [2.05, 4.69) is 35.2 Å². The van der Waals surface area contributed by atoms with E-state index in [1.54, 1.807) is 12.3 Å². The summed E-state index contributed by atoms with van der Waals surface area (Å²) in [5, 5.41) is 0. The van der Waals surface area contributed by atoms with Crippen molar-refractivity contribution >= 4 is 5.82 Å². The lowest BCUT2D eigenvalue weighted by molar-refractivity contribution is 0.124. The molecule has 0 N–H and O–H groups in total. The first-order valence-corrected chi connectivity index (χ1v) is 7.34. The highest BCUT2D eigenvalue weighted by molar-refractivity contribution is 5.55. The average molecular weight is 275 g/mol. The Morgan fingerprint density at radius 1 is 1.50 bits per heavy atom. The lowest BCUT2D eigenvalue weighted by Gasteiger charge is -2.49. The summed E-state index contributed by atoms with van der Waals surface area (Å²) in [6.07, 6.45) is 3.66. The summed E-state index contributed by atoms with van der Waals surface area (Å²) in [7, 11) is 0. The molecule has 3 nitrogen and oxygen atoms in total. The molecule has 2 unspecified atom stereocenters. The normalized spacial score (nSPS) is 30.0. The van der Waals surface area contributed by atoms with Gasteiger partial charge in [0.1, 0.15) is 5.82 Å². The lowest BCUT2D eigenvalue weighted by Crippen LogP contribution is -2.59. The fourth-order valence-corrected chi connectivity index (χ4v) is 3.40. The second-order valence-electron chi connectivity index (χ2n) is 6.08. The number of allylic oxidation sites excluding steroid dienone is 1. The predicted molar refractivity (Wildman–Crippen MR) is 79.7 cm³/mol. The highest BCUT2D eigenvalue weighted by atomic mass is 19.1. The third-order valence-corrected chi connectivity index (χ3v) is 4.61. The molecule has 2 aliphatic heterocycles. The van der Waals surface area contributed by atoms with Crippen LogP contribution in [0.25, 0.3) is 0 Å². The minimum atomic E-state index is -1.45. The predicted octanol–water partition coefficient (Wildman–Crippen LogP) is 2.74. The Balaban J connectivity index is 1.98. The third kappa shape index (κ3) is 2.03. The number of hydrogen-bond donors (Lipinski definition) is 0. The monoisotopic (exact) mass is 275 g/mol. The average Bonchev–Trinajstić information content (AvgIpc) is 2.47. The zero-order valence-corrected chi connectivity index (χ0v) is 12.2. The molecule has 1 fully saturated rings. The Hall–Kier alpha value is -1.42. The summed E-state index contributed by atoms with van der Waals surface area (Å²) in [5.41, 5.74) is -0.783. The van der Waals surface area contributed by atoms with Crippen molar-refractivity contribution in [1.29, 1.82) is 0 Å². The van der Waals surface area contributed by atoms with E-state index in [-0.39, 0.29) is 6.04 Å². The first-order chi connectivity index (χ1) is 9.55. The highest BCUT2D eigenvalue weighted by Gasteiger charge is 2.44. The molecular weight excluding hydrogens is 253 g/mol. The molecule has 0 aliphatic carbocycles. The van der Waals surface area contributed by atoms with Crippen molar-refractivity contribution in [1.82, 2.24) is 9.88 Å². The Morgan fingerprint density at radius 2 is 2.30 bits per heavy atom. The van der Waals surface area contributed by atoms with Crippen LogP contribution in [-0.4, -0.2) is 41.6 Å². The molecule has 0 amide bonds. The van der Waals surface area contributed by atoms with Gasteiger partial charge in [-0.15, -0.1) is 0 Å². The molecule has 3 heterocycles. The maximum atomic E-state index is 15.2. The summed E-state index contributed by atoms with van der Waals surface area (Å²) >= 11 is 0. The molecule has 4 heteroatoms. The fraction of sp³-hybridized carbons (Fsp3) is 0.562.